The summed E-state index contributed by atoms with van der Waals surface area (Å²) in [5.74, 6) is 0. The maximum absolute atomic E-state index is 11.9. The Hall–Kier alpha value is -0.300. The molecule has 1 aliphatic rings. The summed E-state index contributed by atoms with van der Waals surface area (Å²) in [5, 5.41) is 2.69. The number of sulfone groups is 1. The second kappa shape index (κ2) is 6.23. The number of nitrogens with one attached hydrogen (secondary N) is 1. The third kappa shape index (κ3) is 6.04. The molecule has 1 aliphatic carbocycles. The number of alkyl halides is 3. The van der Waals surface area contributed by atoms with Crippen molar-refractivity contribution in [2.75, 3.05) is 12.8 Å². The summed E-state index contributed by atoms with van der Waals surface area (Å²) in [7, 11) is -3.03. The van der Waals surface area contributed by atoms with Crippen LogP contribution in [0.15, 0.2) is 0 Å². The van der Waals surface area contributed by atoms with Crippen molar-refractivity contribution in [3.63, 3.8) is 0 Å². The molecule has 0 aliphatic heterocycles. The van der Waals surface area contributed by atoms with Gasteiger partial charge in [-0.05, 0) is 32.2 Å². The summed E-state index contributed by atoms with van der Waals surface area (Å²) < 4.78 is 58.6. The molecule has 1 N–H and O–H groups in total. The van der Waals surface area contributed by atoms with E-state index in [1.54, 1.807) is 0 Å². The first-order valence-corrected chi connectivity index (χ1v) is 8.13. The zero-order valence-electron chi connectivity index (χ0n) is 10.5. The lowest BCUT2D eigenvalue weighted by Crippen LogP contribution is -2.39. The van der Waals surface area contributed by atoms with Gasteiger partial charge in [0.05, 0.1) is 5.25 Å². The molecular formula is C11H20F3NO2S. The minimum atomic E-state index is -4.11. The van der Waals surface area contributed by atoms with Crippen molar-refractivity contribution in [1.29, 1.82) is 0 Å². The Morgan fingerprint density at radius 3 is 2.50 bits per heavy atom. The molecule has 3 nitrogen and oxygen atoms in total. The Kier molecular flexibility index (Phi) is 5.46. The number of hydrogen-bond donors (Lipinski definition) is 1. The molecule has 2 atom stereocenters. The van der Waals surface area contributed by atoms with E-state index in [1.807, 2.05) is 0 Å². The second-order valence-corrected chi connectivity index (χ2v) is 7.31. The standard InChI is InChI=1S/C11H20F3NO2S/c1-18(16,17)10-5-2-4-9(8-10)15-7-3-6-11(12,13)14/h9-10,15H,2-8H2,1H3. The van der Waals surface area contributed by atoms with Gasteiger partial charge in [0.2, 0.25) is 0 Å². The van der Waals surface area contributed by atoms with Crippen LogP contribution in [0.2, 0.25) is 0 Å². The molecular weight excluding hydrogens is 267 g/mol. The summed E-state index contributed by atoms with van der Waals surface area (Å²) in [6.07, 6.45) is -0.782. The van der Waals surface area contributed by atoms with Gasteiger partial charge in [-0.3, -0.25) is 0 Å². The van der Waals surface area contributed by atoms with Crippen LogP contribution in [0.5, 0.6) is 0 Å². The Morgan fingerprint density at radius 1 is 1.28 bits per heavy atom. The van der Waals surface area contributed by atoms with E-state index in [9.17, 15) is 21.6 Å². The van der Waals surface area contributed by atoms with Crippen LogP contribution in [0.1, 0.15) is 38.5 Å². The van der Waals surface area contributed by atoms with Crippen molar-refractivity contribution in [1.82, 2.24) is 5.32 Å². The summed E-state index contributed by atoms with van der Waals surface area (Å²) in [4.78, 5) is 0. The van der Waals surface area contributed by atoms with Gasteiger partial charge < -0.3 is 5.32 Å². The minimum absolute atomic E-state index is 0.0340. The predicted octanol–water partition coefficient (Wildman–Crippen LogP) is 2.27. The molecule has 1 rings (SSSR count). The van der Waals surface area contributed by atoms with E-state index in [4.69, 9.17) is 0 Å². The van der Waals surface area contributed by atoms with E-state index in [0.29, 0.717) is 19.4 Å². The van der Waals surface area contributed by atoms with Gasteiger partial charge in [-0.15, -0.1) is 0 Å². The van der Waals surface area contributed by atoms with Crippen LogP contribution in [-0.2, 0) is 9.84 Å². The van der Waals surface area contributed by atoms with Crippen LogP contribution < -0.4 is 5.32 Å². The molecule has 0 radical (unpaired) electrons. The average molecular weight is 287 g/mol. The van der Waals surface area contributed by atoms with Crippen LogP contribution in [0.3, 0.4) is 0 Å². The lowest BCUT2D eigenvalue weighted by atomic mass is 9.95. The Bertz CT molecular complexity index is 354. The molecule has 0 aromatic rings. The van der Waals surface area contributed by atoms with Crippen molar-refractivity contribution < 1.29 is 21.6 Å². The molecule has 108 valence electrons. The van der Waals surface area contributed by atoms with Gasteiger partial charge in [0.15, 0.2) is 0 Å². The highest BCUT2D eigenvalue weighted by Crippen LogP contribution is 2.24. The SMILES string of the molecule is CS(=O)(=O)C1CCCC(NCCCC(F)(F)F)C1. The quantitative estimate of drug-likeness (QED) is 0.789. The normalized spacial score (nSPS) is 26.2. The van der Waals surface area contributed by atoms with Crippen molar-refractivity contribution in [2.24, 2.45) is 0 Å². The zero-order chi connectivity index (χ0) is 13.8. The summed E-state index contributed by atoms with van der Waals surface area (Å²) in [5.41, 5.74) is 0. The Labute approximate surface area is 106 Å². The van der Waals surface area contributed by atoms with Gasteiger partial charge in [-0.1, -0.05) is 6.42 Å². The predicted molar refractivity (Wildman–Crippen MR) is 64.2 cm³/mol. The van der Waals surface area contributed by atoms with Crippen molar-refractivity contribution in [3.05, 3.63) is 0 Å². The topological polar surface area (TPSA) is 46.2 Å². The lowest BCUT2D eigenvalue weighted by molar-refractivity contribution is -0.135. The molecule has 0 aromatic heterocycles. The fourth-order valence-corrected chi connectivity index (χ4v) is 3.49. The van der Waals surface area contributed by atoms with Crippen molar-refractivity contribution in [2.45, 2.75) is 56.0 Å². The largest absolute Gasteiger partial charge is 0.389 e. The third-order valence-electron chi connectivity index (χ3n) is 3.30. The molecule has 7 heteroatoms. The third-order valence-corrected chi connectivity index (χ3v) is 4.94. The molecule has 0 saturated heterocycles. The molecule has 1 fully saturated rings. The van der Waals surface area contributed by atoms with Crippen LogP contribution in [0, 0.1) is 0 Å². The molecule has 0 bridgehead atoms. The molecule has 0 spiro atoms. The Balaban J connectivity index is 2.27. The molecule has 0 amide bonds. The highest BCUT2D eigenvalue weighted by atomic mass is 32.2. The maximum Gasteiger partial charge on any atom is 0.389 e. The van der Waals surface area contributed by atoms with Crippen LogP contribution in [0.25, 0.3) is 0 Å². The fourth-order valence-electron chi connectivity index (χ4n) is 2.31. The first-order chi connectivity index (χ1) is 8.18. The first kappa shape index (κ1) is 15.8. The van der Waals surface area contributed by atoms with E-state index in [2.05, 4.69) is 5.32 Å². The zero-order valence-corrected chi connectivity index (χ0v) is 11.3. The first-order valence-electron chi connectivity index (χ1n) is 6.17. The second-order valence-electron chi connectivity index (χ2n) is 4.99. The van der Waals surface area contributed by atoms with Crippen LogP contribution in [0.4, 0.5) is 13.2 Å². The van der Waals surface area contributed by atoms with Crippen LogP contribution >= 0.6 is 0 Å². The highest BCUT2D eigenvalue weighted by molar-refractivity contribution is 7.91. The maximum atomic E-state index is 11.9. The van der Waals surface area contributed by atoms with E-state index in [0.717, 1.165) is 12.8 Å². The van der Waals surface area contributed by atoms with Gasteiger partial charge in [0, 0.05) is 18.7 Å². The molecule has 0 aromatic carbocycles. The van der Waals surface area contributed by atoms with E-state index < -0.39 is 22.4 Å². The van der Waals surface area contributed by atoms with E-state index in [-0.39, 0.29) is 17.7 Å². The van der Waals surface area contributed by atoms with Crippen LogP contribution in [-0.4, -0.2) is 38.7 Å². The number of halogens is 3. The van der Waals surface area contributed by atoms with Gasteiger partial charge in [-0.25, -0.2) is 8.42 Å². The molecule has 0 heterocycles. The van der Waals surface area contributed by atoms with Gasteiger partial charge in [0.1, 0.15) is 9.84 Å². The van der Waals surface area contributed by atoms with Crippen molar-refractivity contribution >= 4 is 9.84 Å². The molecule has 1 saturated carbocycles. The average Bonchev–Trinajstić information content (AvgIpc) is 2.22. The van der Waals surface area contributed by atoms with Crippen molar-refractivity contribution in [3.8, 4) is 0 Å². The minimum Gasteiger partial charge on any atom is -0.314 e. The van der Waals surface area contributed by atoms with Gasteiger partial charge >= 0.3 is 6.18 Å². The summed E-state index contributed by atoms with van der Waals surface area (Å²) in [6, 6.07) is 0.0340. The monoisotopic (exact) mass is 287 g/mol. The molecule has 2 unspecified atom stereocenters. The number of rotatable bonds is 5. The van der Waals surface area contributed by atoms with Gasteiger partial charge in [0.25, 0.3) is 0 Å². The van der Waals surface area contributed by atoms with E-state index in [1.165, 1.54) is 6.26 Å². The Morgan fingerprint density at radius 2 is 1.94 bits per heavy atom. The summed E-state index contributed by atoms with van der Waals surface area (Å²) >= 11 is 0. The van der Waals surface area contributed by atoms with Gasteiger partial charge in [-0.2, -0.15) is 13.2 Å². The fraction of sp³-hybridized carbons (Fsp3) is 1.00. The smallest absolute Gasteiger partial charge is 0.314 e. The molecule has 18 heavy (non-hydrogen) atoms. The summed E-state index contributed by atoms with van der Waals surface area (Å²) in [6.45, 7) is 0.292. The lowest BCUT2D eigenvalue weighted by Gasteiger charge is -2.28. The highest BCUT2D eigenvalue weighted by Gasteiger charge is 2.29. The number of hydrogen-bond acceptors (Lipinski definition) is 3. The van der Waals surface area contributed by atoms with E-state index >= 15 is 0 Å².